The zero-order valence-corrected chi connectivity index (χ0v) is 13.2. The lowest BCUT2D eigenvalue weighted by Crippen LogP contribution is -2.39. The molecule has 19 heavy (non-hydrogen) atoms. The molecule has 2 heteroatoms. The normalized spacial score (nSPS) is 28.2. The summed E-state index contributed by atoms with van der Waals surface area (Å²) in [5.41, 5.74) is 1.34. The van der Waals surface area contributed by atoms with E-state index in [-0.39, 0.29) is 10.8 Å². The van der Waals surface area contributed by atoms with Crippen molar-refractivity contribution in [3.05, 3.63) is 29.8 Å². The fraction of sp³-hybridized carbons (Fsp3) is 0.647. The van der Waals surface area contributed by atoms with E-state index in [0.29, 0.717) is 5.92 Å². The van der Waals surface area contributed by atoms with Gasteiger partial charge in [-0.1, -0.05) is 45.4 Å². The van der Waals surface area contributed by atoms with Gasteiger partial charge in [0.1, 0.15) is 5.75 Å². The van der Waals surface area contributed by atoms with Gasteiger partial charge in [-0.15, -0.1) is 11.6 Å². The van der Waals surface area contributed by atoms with Crippen LogP contribution in [0.15, 0.2) is 24.3 Å². The highest BCUT2D eigenvalue weighted by molar-refractivity contribution is 6.20. The molecule has 0 bridgehead atoms. The molecule has 1 nitrogen and oxygen atoms in total. The van der Waals surface area contributed by atoms with Crippen LogP contribution in [0.1, 0.15) is 45.6 Å². The molecule has 3 atom stereocenters. The van der Waals surface area contributed by atoms with Crippen molar-refractivity contribution < 1.29 is 4.74 Å². The SMILES string of the molecule is COc1ccccc1C(C)(C)C1CCC(C)CC1Cl. The number of halogens is 1. The molecule has 0 amide bonds. The van der Waals surface area contributed by atoms with Crippen LogP contribution in [-0.4, -0.2) is 12.5 Å². The Kier molecular flexibility index (Phi) is 4.45. The van der Waals surface area contributed by atoms with Crippen molar-refractivity contribution >= 4 is 11.6 Å². The molecule has 0 radical (unpaired) electrons. The van der Waals surface area contributed by atoms with Crippen LogP contribution in [0.2, 0.25) is 0 Å². The lowest BCUT2D eigenvalue weighted by Gasteiger charge is -2.42. The fourth-order valence-corrected chi connectivity index (χ4v) is 4.25. The van der Waals surface area contributed by atoms with Crippen LogP contribution < -0.4 is 4.74 Å². The molecule has 1 aliphatic rings. The zero-order valence-electron chi connectivity index (χ0n) is 12.4. The van der Waals surface area contributed by atoms with Gasteiger partial charge in [0, 0.05) is 10.9 Å². The van der Waals surface area contributed by atoms with Gasteiger partial charge in [-0.3, -0.25) is 0 Å². The first-order valence-electron chi connectivity index (χ1n) is 7.24. The number of benzene rings is 1. The molecule has 0 saturated heterocycles. The maximum atomic E-state index is 6.67. The molecule has 106 valence electrons. The Morgan fingerprint density at radius 2 is 1.89 bits per heavy atom. The van der Waals surface area contributed by atoms with Crippen molar-refractivity contribution in [2.75, 3.05) is 7.11 Å². The number of para-hydroxylation sites is 1. The maximum Gasteiger partial charge on any atom is 0.122 e. The zero-order chi connectivity index (χ0) is 14.0. The van der Waals surface area contributed by atoms with Gasteiger partial charge in [0.2, 0.25) is 0 Å². The van der Waals surface area contributed by atoms with Gasteiger partial charge >= 0.3 is 0 Å². The third-order valence-corrected chi connectivity index (χ3v) is 5.25. The van der Waals surface area contributed by atoms with Crippen molar-refractivity contribution in [1.29, 1.82) is 0 Å². The summed E-state index contributed by atoms with van der Waals surface area (Å²) < 4.78 is 5.54. The van der Waals surface area contributed by atoms with E-state index in [0.717, 1.165) is 18.1 Å². The monoisotopic (exact) mass is 280 g/mol. The van der Waals surface area contributed by atoms with Crippen molar-refractivity contribution in [3.63, 3.8) is 0 Å². The Labute approximate surface area is 122 Å². The fourth-order valence-electron chi connectivity index (χ4n) is 3.50. The summed E-state index contributed by atoms with van der Waals surface area (Å²) in [4.78, 5) is 0. The first-order chi connectivity index (χ1) is 8.96. The third-order valence-electron chi connectivity index (χ3n) is 4.76. The molecule has 0 heterocycles. The summed E-state index contributed by atoms with van der Waals surface area (Å²) in [6, 6.07) is 8.35. The molecular weight excluding hydrogens is 256 g/mol. The minimum atomic E-state index is 0.0547. The lowest BCUT2D eigenvalue weighted by molar-refractivity contribution is 0.204. The molecule has 1 aromatic rings. The van der Waals surface area contributed by atoms with Gasteiger partial charge < -0.3 is 4.74 Å². The van der Waals surface area contributed by atoms with Crippen LogP contribution in [0.4, 0.5) is 0 Å². The van der Waals surface area contributed by atoms with Crippen molar-refractivity contribution in [2.24, 2.45) is 11.8 Å². The number of hydrogen-bond donors (Lipinski definition) is 0. The van der Waals surface area contributed by atoms with E-state index in [1.165, 1.54) is 18.4 Å². The van der Waals surface area contributed by atoms with E-state index < -0.39 is 0 Å². The van der Waals surface area contributed by atoms with E-state index in [9.17, 15) is 0 Å². The van der Waals surface area contributed by atoms with Crippen molar-refractivity contribution in [3.8, 4) is 5.75 Å². The number of rotatable bonds is 3. The van der Waals surface area contributed by atoms with Crippen molar-refractivity contribution in [1.82, 2.24) is 0 Å². The summed E-state index contributed by atoms with van der Waals surface area (Å²) in [5.74, 6) is 2.25. The van der Waals surface area contributed by atoms with Crippen LogP contribution in [0.5, 0.6) is 5.75 Å². The van der Waals surface area contributed by atoms with Crippen LogP contribution in [0.25, 0.3) is 0 Å². The summed E-state index contributed by atoms with van der Waals surface area (Å²) in [6.07, 6.45) is 3.62. The molecule has 3 unspecified atom stereocenters. The average molecular weight is 281 g/mol. The largest absolute Gasteiger partial charge is 0.496 e. The second-order valence-corrected chi connectivity index (χ2v) is 7.02. The second-order valence-electron chi connectivity index (χ2n) is 6.46. The smallest absolute Gasteiger partial charge is 0.122 e. The predicted molar refractivity (Wildman–Crippen MR) is 82.2 cm³/mol. The number of ether oxygens (including phenoxy) is 1. The molecule has 1 aromatic carbocycles. The second kappa shape index (κ2) is 5.75. The first kappa shape index (κ1) is 14.7. The molecule has 0 aromatic heterocycles. The molecule has 0 N–H and O–H groups in total. The number of methoxy groups -OCH3 is 1. The molecule has 0 spiro atoms. The van der Waals surface area contributed by atoms with Gasteiger partial charge in [-0.25, -0.2) is 0 Å². The van der Waals surface area contributed by atoms with Gasteiger partial charge in [0.15, 0.2) is 0 Å². The predicted octanol–water partition coefficient (Wildman–Crippen LogP) is 5.02. The van der Waals surface area contributed by atoms with Crippen LogP contribution in [0.3, 0.4) is 0 Å². The van der Waals surface area contributed by atoms with E-state index in [2.05, 4.69) is 32.9 Å². The highest BCUT2D eigenvalue weighted by Crippen LogP contribution is 2.46. The summed E-state index contributed by atoms with van der Waals surface area (Å²) >= 11 is 6.67. The minimum absolute atomic E-state index is 0.0547. The lowest BCUT2D eigenvalue weighted by atomic mass is 9.65. The van der Waals surface area contributed by atoms with Crippen LogP contribution in [0, 0.1) is 11.8 Å². The molecule has 1 saturated carbocycles. The molecular formula is C17H25ClO. The summed E-state index contributed by atoms with van der Waals surface area (Å²) in [6.45, 7) is 6.92. The Morgan fingerprint density at radius 3 is 2.53 bits per heavy atom. The van der Waals surface area contributed by atoms with E-state index in [1.54, 1.807) is 7.11 Å². The van der Waals surface area contributed by atoms with Gasteiger partial charge in [0.05, 0.1) is 7.11 Å². The molecule has 2 rings (SSSR count). The van der Waals surface area contributed by atoms with Gasteiger partial charge in [-0.05, 0) is 36.2 Å². The van der Waals surface area contributed by atoms with Crippen LogP contribution in [-0.2, 0) is 5.41 Å². The number of alkyl halides is 1. The Bertz CT molecular complexity index is 427. The first-order valence-corrected chi connectivity index (χ1v) is 7.68. The van der Waals surface area contributed by atoms with Gasteiger partial charge in [-0.2, -0.15) is 0 Å². The average Bonchev–Trinajstić information content (AvgIpc) is 2.38. The van der Waals surface area contributed by atoms with E-state index >= 15 is 0 Å². The Hall–Kier alpha value is -0.690. The quantitative estimate of drug-likeness (QED) is 0.707. The molecule has 1 fully saturated rings. The summed E-state index contributed by atoms with van der Waals surface area (Å²) in [5, 5.41) is 0.267. The minimum Gasteiger partial charge on any atom is -0.496 e. The highest BCUT2D eigenvalue weighted by Gasteiger charge is 2.40. The molecule has 0 aliphatic heterocycles. The Balaban J connectivity index is 2.31. The topological polar surface area (TPSA) is 9.23 Å². The van der Waals surface area contributed by atoms with Crippen LogP contribution >= 0.6 is 11.6 Å². The van der Waals surface area contributed by atoms with Crippen molar-refractivity contribution in [2.45, 2.75) is 50.8 Å². The van der Waals surface area contributed by atoms with E-state index in [4.69, 9.17) is 16.3 Å². The number of hydrogen-bond acceptors (Lipinski definition) is 1. The molecule has 1 aliphatic carbocycles. The third kappa shape index (κ3) is 2.91. The maximum absolute atomic E-state index is 6.67. The van der Waals surface area contributed by atoms with Gasteiger partial charge in [0.25, 0.3) is 0 Å². The summed E-state index contributed by atoms with van der Waals surface area (Å²) in [7, 11) is 1.75. The Morgan fingerprint density at radius 1 is 1.21 bits per heavy atom. The standard InChI is InChI=1S/C17H25ClO/c1-12-9-10-13(15(18)11-12)17(2,3)14-7-5-6-8-16(14)19-4/h5-8,12-13,15H,9-11H2,1-4H3. The van der Waals surface area contributed by atoms with E-state index in [1.807, 2.05) is 12.1 Å². The highest BCUT2D eigenvalue weighted by atomic mass is 35.5.